The zero-order valence-corrected chi connectivity index (χ0v) is 15.2. The minimum Gasteiger partial charge on any atom is -0.0795 e. The summed E-state index contributed by atoms with van der Waals surface area (Å²) in [5.74, 6) is 0. The minimum absolute atomic E-state index is 0.00557. The van der Waals surface area contributed by atoms with Gasteiger partial charge in [-0.3, -0.25) is 0 Å². The van der Waals surface area contributed by atoms with Gasteiger partial charge in [0.05, 0.1) is 9.79 Å². The van der Waals surface area contributed by atoms with Crippen molar-refractivity contribution in [2.75, 3.05) is 0 Å². The Kier molecular flexibility index (Phi) is 3.74. The highest BCUT2D eigenvalue weighted by atomic mass is 32.2. The van der Waals surface area contributed by atoms with Crippen LogP contribution >= 0.6 is 11.8 Å². The highest BCUT2D eigenvalue weighted by Crippen LogP contribution is 2.48. The molecule has 3 aromatic rings. The molecule has 2 heteroatoms. The van der Waals surface area contributed by atoms with E-state index in [4.69, 9.17) is 0 Å². The highest BCUT2D eigenvalue weighted by molar-refractivity contribution is 8.04. The average molecular weight is 336 g/mol. The van der Waals surface area contributed by atoms with Gasteiger partial charge in [-0.25, -0.2) is 0 Å². The lowest BCUT2D eigenvalue weighted by atomic mass is 10.2. The number of hydrogen-bond acceptors (Lipinski definition) is 1. The molecule has 1 aliphatic heterocycles. The smallest absolute Gasteiger partial charge is 0.0795 e. The first-order valence-electron chi connectivity index (χ1n) is 7.82. The Balaban J connectivity index is 1.96. The zero-order valence-electron chi connectivity index (χ0n) is 13.6. The van der Waals surface area contributed by atoms with Gasteiger partial charge in [-0.2, -0.15) is 0 Å². The van der Waals surface area contributed by atoms with Crippen LogP contribution in [0.25, 0.3) is 0 Å². The molecule has 0 aliphatic carbocycles. The van der Waals surface area contributed by atoms with E-state index in [0.717, 1.165) is 0 Å². The van der Waals surface area contributed by atoms with E-state index in [9.17, 15) is 0 Å². The van der Waals surface area contributed by atoms with Crippen molar-refractivity contribution in [1.82, 2.24) is 0 Å². The monoisotopic (exact) mass is 335 g/mol. The van der Waals surface area contributed by atoms with Gasteiger partial charge in [0.1, 0.15) is 10.9 Å². The molecule has 4 rings (SSSR count). The van der Waals surface area contributed by atoms with Gasteiger partial charge < -0.3 is 0 Å². The fourth-order valence-corrected chi connectivity index (χ4v) is 6.77. The van der Waals surface area contributed by atoms with Crippen molar-refractivity contribution in [2.45, 2.75) is 45.2 Å². The van der Waals surface area contributed by atoms with Crippen molar-refractivity contribution < 1.29 is 0 Å². The fraction of sp³-hybridized carbons (Fsp3) is 0.143. The Labute approximate surface area is 145 Å². The Morgan fingerprint density at radius 2 is 1.26 bits per heavy atom. The van der Waals surface area contributed by atoms with E-state index in [2.05, 4.69) is 81.4 Å². The molecule has 1 unspecified atom stereocenters. The Hall–Kier alpha value is -1.64. The van der Waals surface area contributed by atoms with Crippen molar-refractivity contribution in [2.24, 2.45) is 0 Å². The molecule has 0 nitrogen and oxygen atoms in total. The molecule has 0 N–H and O–H groups in total. The van der Waals surface area contributed by atoms with Crippen LogP contribution in [-0.4, -0.2) is 0 Å². The van der Waals surface area contributed by atoms with Crippen LogP contribution in [0.5, 0.6) is 0 Å². The molecule has 1 heterocycles. The van der Waals surface area contributed by atoms with Crippen LogP contribution in [0.2, 0.25) is 0 Å². The van der Waals surface area contributed by atoms with Gasteiger partial charge in [0, 0.05) is 0 Å². The lowest BCUT2D eigenvalue weighted by molar-refractivity contribution is 1.10. The van der Waals surface area contributed by atoms with E-state index in [1.807, 2.05) is 11.8 Å². The van der Waals surface area contributed by atoms with Crippen molar-refractivity contribution in [3.63, 3.8) is 0 Å². The summed E-state index contributed by atoms with van der Waals surface area (Å²) in [6.07, 6.45) is 0. The molecule has 0 bridgehead atoms. The van der Waals surface area contributed by atoms with E-state index < -0.39 is 0 Å². The molecule has 0 fully saturated rings. The summed E-state index contributed by atoms with van der Waals surface area (Å²) in [6, 6.07) is 22.8. The zero-order chi connectivity index (χ0) is 16.0. The summed E-state index contributed by atoms with van der Waals surface area (Å²) in [5, 5.41) is 0. The molecule has 0 saturated carbocycles. The van der Waals surface area contributed by atoms with Crippen LogP contribution in [0.3, 0.4) is 0 Å². The molecule has 114 valence electrons. The topological polar surface area (TPSA) is 0 Å². The van der Waals surface area contributed by atoms with Crippen molar-refractivity contribution in [3.05, 3.63) is 77.4 Å². The third-order valence-electron chi connectivity index (χ3n) is 4.11. The quantitative estimate of drug-likeness (QED) is 0.375. The molecule has 0 aromatic heterocycles. The van der Waals surface area contributed by atoms with Crippen LogP contribution in [0.1, 0.15) is 16.7 Å². The predicted molar refractivity (Wildman–Crippen MR) is 99.8 cm³/mol. The third-order valence-corrected chi connectivity index (χ3v) is 7.82. The maximum atomic E-state index is 2.37. The van der Waals surface area contributed by atoms with Crippen LogP contribution in [0, 0.1) is 20.8 Å². The average Bonchev–Trinajstić information content (AvgIpc) is 2.54. The molecule has 0 spiro atoms. The highest BCUT2D eigenvalue weighted by Gasteiger charge is 2.38. The van der Waals surface area contributed by atoms with Gasteiger partial charge in [-0.1, -0.05) is 41.6 Å². The third kappa shape index (κ3) is 2.71. The normalized spacial score (nSPS) is 15.9. The van der Waals surface area contributed by atoms with E-state index in [1.165, 1.54) is 41.2 Å². The molecular formula is C21H19S2+. The minimum atomic E-state index is -0.00557. The lowest BCUT2D eigenvalue weighted by Gasteiger charge is -2.20. The Bertz CT molecular complexity index is 879. The largest absolute Gasteiger partial charge is 0.180 e. The number of aryl methyl sites for hydroxylation is 3. The second-order valence-electron chi connectivity index (χ2n) is 6.12. The summed E-state index contributed by atoms with van der Waals surface area (Å²) in [4.78, 5) is 7.15. The van der Waals surface area contributed by atoms with Gasteiger partial charge in [0.25, 0.3) is 0 Å². The summed E-state index contributed by atoms with van der Waals surface area (Å²) in [7, 11) is -0.00557. The van der Waals surface area contributed by atoms with E-state index in [0.29, 0.717) is 0 Å². The molecule has 1 atom stereocenters. The second kappa shape index (κ2) is 5.77. The van der Waals surface area contributed by atoms with Gasteiger partial charge in [-0.05, 0) is 68.3 Å². The summed E-state index contributed by atoms with van der Waals surface area (Å²) >= 11 is 1.91. The summed E-state index contributed by atoms with van der Waals surface area (Å²) < 4.78 is 0. The molecular weight excluding hydrogens is 316 g/mol. The fourth-order valence-electron chi connectivity index (χ4n) is 2.89. The Morgan fingerprint density at radius 3 is 2.04 bits per heavy atom. The van der Waals surface area contributed by atoms with Crippen LogP contribution in [0.15, 0.2) is 85.1 Å². The van der Waals surface area contributed by atoms with Gasteiger partial charge in [-0.15, -0.1) is 0 Å². The van der Waals surface area contributed by atoms with Crippen LogP contribution in [0.4, 0.5) is 0 Å². The van der Waals surface area contributed by atoms with E-state index in [-0.39, 0.29) is 10.9 Å². The Morgan fingerprint density at radius 1 is 0.609 bits per heavy atom. The maximum absolute atomic E-state index is 2.37. The first kappa shape index (κ1) is 14.9. The van der Waals surface area contributed by atoms with Crippen molar-refractivity contribution in [1.29, 1.82) is 0 Å². The molecule has 23 heavy (non-hydrogen) atoms. The standard InChI is InChI=1S/C21H19S2/c1-14-4-8-17(9-5-14)23-20-11-7-15(2)12-19(20)22-18-10-6-16(3)13-21(18)23/h4-13H,1-3H3/q+1. The van der Waals surface area contributed by atoms with Gasteiger partial charge >= 0.3 is 0 Å². The predicted octanol–water partition coefficient (Wildman–Crippen LogP) is 6.17. The molecule has 0 amide bonds. The maximum Gasteiger partial charge on any atom is 0.180 e. The van der Waals surface area contributed by atoms with Gasteiger partial charge in [0.15, 0.2) is 14.7 Å². The first-order valence-corrected chi connectivity index (χ1v) is 9.86. The number of rotatable bonds is 1. The molecule has 0 radical (unpaired) electrons. The van der Waals surface area contributed by atoms with Gasteiger partial charge in [0.2, 0.25) is 0 Å². The molecule has 1 aliphatic rings. The molecule has 0 saturated heterocycles. The summed E-state index contributed by atoms with van der Waals surface area (Å²) in [6.45, 7) is 6.51. The van der Waals surface area contributed by atoms with E-state index in [1.54, 1.807) is 0 Å². The number of benzene rings is 3. The summed E-state index contributed by atoms with van der Waals surface area (Å²) in [5.41, 5.74) is 3.99. The van der Waals surface area contributed by atoms with E-state index >= 15 is 0 Å². The van der Waals surface area contributed by atoms with Crippen molar-refractivity contribution in [3.8, 4) is 0 Å². The lowest BCUT2D eigenvalue weighted by Crippen LogP contribution is -2.11. The van der Waals surface area contributed by atoms with Crippen LogP contribution < -0.4 is 0 Å². The van der Waals surface area contributed by atoms with Crippen LogP contribution in [-0.2, 0) is 10.9 Å². The number of fused-ring (bicyclic) bond motifs is 2. The number of hydrogen-bond donors (Lipinski definition) is 0. The SMILES string of the molecule is Cc1ccc([S+]2c3ccc(C)cc3Sc3ccc(C)cc32)cc1. The first-order chi connectivity index (χ1) is 11.1. The molecule has 3 aromatic carbocycles. The van der Waals surface area contributed by atoms with Crippen molar-refractivity contribution >= 4 is 22.7 Å². The second-order valence-corrected chi connectivity index (χ2v) is 9.17.